The van der Waals surface area contributed by atoms with Crippen molar-refractivity contribution in [2.45, 2.75) is 65.4 Å². The molecule has 18 heavy (non-hydrogen) atoms. The first kappa shape index (κ1) is 17.1. The summed E-state index contributed by atoms with van der Waals surface area (Å²) in [6.45, 7) is 6.66. The Labute approximate surface area is 110 Å². The second kappa shape index (κ2) is 11.2. The van der Waals surface area contributed by atoms with E-state index in [1.54, 1.807) is 6.92 Å². The van der Waals surface area contributed by atoms with Gasteiger partial charge in [0.05, 0.1) is 6.61 Å². The fourth-order valence-corrected chi connectivity index (χ4v) is 1.57. The summed E-state index contributed by atoms with van der Waals surface area (Å²) in [6.07, 6.45) is 5.54. The molecule has 1 rings (SSSR count). The zero-order valence-electron chi connectivity index (χ0n) is 11.9. The molecule has 1 fully saturated rings. The number of hydrogen-bond acceptors (Lipinski definition) is 4. The summed E-state index contributed by atoms with van der Waals surface area (Å²) in [5.41, 5.74) is 0. The molecule has 0 N–H and O–H groups in total. The number of ether oxygens (including phenoxy) is 2. The molecule has 0 amide bonds. The summed E-state index contributed by atoms with van der Waals surface area (Å²) in [5.74, 6) is 0.295. The van der Waals surface area contributed by atoms with Crippen LogP contribution in [-0.4, -0.2) is 31.1 Å². The van der Waals surface area contributed by atoms with Crippen molar-refractivity contribution in [3.8, 4) is 0 Å². The Balaban J connectivity index is 0.000000351. The Bertz CT molecular complexity index is 230. The molecule has 1 aliphatic rings. The Morgan fingerprint density at radius 3 is 2.22 bits per heavy atom. The predicted octanol–water partition coefficient (Wildman–Crippen LogP) is 2.88. The molecule has 0 aromatic rings. The van der Waals surface area contributed by atoms with Gasteiger partial charge in [-0.15, -0.1) is 0 Å². The van der Waals surface area contributed by atoms with Gasteiger partial charge in [0.1, 0.15) is 11.9 Å². The minimum atomic E-state index is -0.169. The van der Waals surface area contributed by atoms with Crippen molar-refractivity contribution >= 4 is 11.8 Å². The highest BCUT2D eigenvalue weighted by atomic mass is 16.6. The van der Waals surface area contributed by atoms with E-state index in [1.165, 1.54) is 6.42 Å². The van der Waals surface area contributed by atoms with E-state index in [-0.39, 0.29) is 12.1 Å². The standard InChI is InChI=1S/C8H16O3.C6H10O/c1-4-8(9)11-7(3)6-10-5-2;7-6-4-2-1-3-5-6/h7H,4-6H2,1-3H3;1-5H2. The number of ketones is 1. The highest BCUT2D eigenvalue weighted by Crippen LogP contribution is 2.12. The van der Waals surface area contributed by atoms with Crippen LogP contribution < -0.4 is 0 Å². The largest absolute Gasteiger partial charge is 0.460 e. The van der Waals surface area contributed by atoms with Gasteiger partial charge in [-0.05, 0) is 26.7 Å². The molecule has 4 nitrogen and oxygen atoms in total. The lowest BCUT2D eigenvalue weighted by atomic mass is 10.00. The highest BCUT2D eigenvalue weighted by Gasteiger charge is 2.06. The smallest absolute Gasteiger partial charge is 0.305 e. The second-order valence-corrected chi connectivity index (χ2v) is 4.41. The molecule has 1 unspecified atom stereocenters. The third-order valence-corrected chi connectivity index (χ3v) is 2.59. The van der Waals surface area contributed by atoms with E-state index >= 15 is 0 Å². The van der Waals surface area contributed by atoms with Gasteiger partial charge in [0.15, 0.2) is 0 Å². The van der Waals surface area contributed by atoms with Gasteiger partial charge >= 0.3 is 5.97 Å². The second-order valence-electron chi connectivity index (χ2n) is 4.41. The van der Waals surface area contributed by atoms with Crippen molar-refractivity contribution in [1.82, 2.24) is 0 Å². The fourth-order valence-electron chi connectivity index (χ4n) is 1.57. The van der Waals surface area contributed by atoms with E-state index in [2.05, 4.69) is 0 Å². The van der Waals surface area contributed by atoms with Crippen molar-refractivity contribution in [1.29, 1.82) is 0 Å². The van der Waals surface area contributed by atoms with Crippen LogP contribution in [0.5, 0.6) is 0 Å². The van der Waals surface area contributed by atoms with Gasteiger partial charge in [-0.3, -0.25) is 9.59 Å². The van der Waals surface area contributed by atoms with E-state index in [4.69, 9.17) is 9.47 Å². The lowest BCUT2D eigenvalue weighted by molar-refractivity contribution is -0.150. The first-order chi connectivity index (χ1) is 8.60. The molecule has 0 aromatic carbocycles. The van der Waals surface area contributed by atoms with E-state index in [1.807, 2.05) is 13.8 Å². The average molecular weight is 258 g/mol. The minimum Gasteiger partial charge on any atom is -0.460 e. The van der Waals surface area contributed by atoms with Crippen LogP contribution in [0.2, 0.25) is 0 Å². The first-order valence-electron chi connectivity index (χ1n) is 6.89. The first-order valence-corrected chi connectivity index (χ1v) is 6.89. The van der Waals surface area contributed by atoms with Gasteiger partial charge in [-0.2, -0.15) is 0 Å². The lowest BCUT2D eigenvalue weighted by Crippen LogP contribution is -2.19. The maximum Gasteiger partial charge on any atom is 0.305 e. The minimum absolute atomic E-state index is 0.123. The molecule has 106 valence electrons. The van der Waals surface area contributed by atoms with Crippen molar-refractivity contribution in [2.24, 2.45) is 0 Å². The van der Waals surface area contributed by atoms with Gasteiger partial charge in [0.2, 0.25) is 0 Å². The van der Waals surface area contributed by atoms with Gasteiger partial charge in [-0.1, -0.05) is 13.3 Å². The monoisotopic (exact) mass is 258 g/mol. The Hall–Kier alpha value is -0.900. The number of hydrogen-bond donors (Lipinski definition) is 0. The molecule has 0 aliphatic heterocycles. The molecule has 0 saturated heterocycles. The van der Waals surface area contributed by atoms with E-state index in [0.29, 0.717) is 25.4 Å². The van der Waals surface area contributed by atoms with Crippen LogP contribution >= 0.6 is 0 Å². The average Bonchev–Trinajstić information content (AvgIpc) is 2.38. The van der Waals surface area contributed by atoms with Crippen LogP contribution in [0.25, 0.3) is 0 Å². The molecule has 1 aliphatic carbocycles. The molecule has 1 atom stereocenters. The quantitative estimate of drug-likeness (QED) is 0.711. The van der Waals surface area contributed by atoms with Crippen molar-refractivity contribution in [2.75, 3.05) is 13.2 Å². The molecule has 4 heteroatoms. The third kappa shape index (κ3) is 10.3. The summed E-state index contributed by atoms with van der Waals surface area (Å²) in [5, 5.41) is 0. The molecular weight excluding hydrogens is 232 g/mol. The number of rotatable bonds is 5. The highest BCUT2D eigenvalue weighted by molar-refractivity contribution is 5.78. The van der Waals surface area contributed by atoms with Gasteiger partial charge in [0.25, 0.3) is 0 Å². The van der Waals surface area contributed by atoms with E-state index in [0.717, 1.165) is 25.7 Å². The predicted molar refractivity (Wildman–Crippen MR) is 70.4 cm³/mol. The molecule has 0 bridgehead atoms. The molecular formula is C14H26O4. The van der Waals surface area contributed by atoms with Gasteiger partial charge < -0.3 is 9.47 Å². The SMILES string of the molecule is CCOCC(C)OC(=O)CC.O=C1CCCCC1. The lowest BCUT2D eigenvalue weighted by Gasteiger charge is -2.11. The summed E-state index contributed by atoms with van der Waals surface area (Å²) in [6, 6.07) is 0. The Morgan fingerprint density at radius 1 is 1.22 bits per heavy atom. The van der Waals surface area contributed by atoms with Gasteiger partial charge in [0, 0.05) is 25.9 Å². The van der Waals surface area contributed by atoms with Gasteiger partial charge in [-0.25, -0.2) is 0 Å². The van der Waals surface area contributed by atoms with Crippen LogP contribution in [0.3, 0.4) is 0 Å². The summed E-state index contributed by atoms with van der Waals surface area (Å²) >= 11 is 0. The summed E-state index contributed by atoms with van der Waals surface area (Å²) in [4.78, 5) is 21.2. The Kier molecular flexibility index (Phi) is 10.6. The van der Waals surface area contributed by atoms with Crippen LogP contribution in [0.1, 0.15) is 59.3 Å². The van der Waals surface area contributed by atoms with Crippen LogP contribution in [0.4, 0.5) is 0 Å². The summed E-state index contributed by atoms with van der Waals surface area (Å²) < 4.78 is 10.0. The Morgan fingerprint density at radius 2 is 1.83 bits per heavy atom. The van der Waals surface area contributed by atoms with Crippen molar-refractivity contribution in [3.05, 3.63) is 0 Å². The molecule has 1 saturated carbocycles. The normalized spacial score (nSPS) is 16.5. The van der Waals surface area contributed by atoms with Crippen LogP contribution in [0, 0.1) is 0 Å². The zero-order chi connectivity index (χ0) is 13.8. The molecule has 0 aromatic heterocycles. The maximum absolute atomic E-state index is 10.7. The number of carbonyl (C=O) groups is 2. The van der Waals surface area contributed by atoms with E-state index < -0.39 is 0 Å². The summed E-state index contributed by atoms with van der Waals surface area (Å²) in [7, 11) is 0. The zero-order valence-corrected chi connectivity index (χ0v) is 11.9. The van der Waals surface area contributed by atoms with Crippen molar-refractivity contribution in [3.63, 3.8) is 0 Å². The maximum atomic E-state index is 10.7. The number of Topliss-reactive ketones (excluding diaryl/α,β-unsaturated/α-hetero) is 1. The molecule has 0 radical (unpaired) electrons. The number of carbonyl (C=O) groups excluding carboxylic acids is 2. The number of esters is 1. The van der Waals surface area contributed by atoms with E-state index in [9.17, 15) is 9.59 Å². The topological polar surface area (TPSA) is 52.6 Å². The third-order valence-electron chi connectivity index (χ3n) is 2.59. The van der Waals surface area contributed by atoms with Crippen LogP contribution in [-0.2, 0) is 19.1 Å². The molecule has 0 heterocycles. The van der Waals surface area contributed by atoms with Crippen LogP contribution in [0.15, 0.2) is 0 Å². The van der Waals surface area contributed by atoms with Crippen molar-refractivity contribution < 1.29 is 19.1 Å². The fraction of sp³-hybridized carbons (Fsp3) is 0.857. The molecule has 0 spiro atoms.